The van der Waals surface area contributed by atoms with Crippen LogP contribution >= 0.6 is 0 Å². The van der Waals surface area contributed by atoms with Crippen molar-refractivity contribution in [1.82, 2.24) is 5.32 Å². The first kappa shape index (κ1) is 10.3. The third-order valence-electron chi connectivity index (χ3n) is 1.88. The Bertz CT molecular complexity index is 219. The summed E-state index contributed by atoms with van der Waals surface area (Å²) >= 11 is 0. The van der Waals surface area contributed by atoms with Gasteiger partial charge in [-0.2, -0.15) is 0 Å². The van der Waals surface area contributed by atoms with Crippen molar-refractivity contribution in [2.75, 3.05) is 6.54 Å². The zero-order chi connectivity index (χ0) is 9.68. The van der Waals surface area contributed by atoms with Crippen molar-refractivity contribution in [3.63, 3.8) is 0 Å². The molecular weight excluding hydrogens is 164 g/mol. The van der Waals surface area contributed by atoms with Crippen molar-refractivity contribution in [1.29, 1.82) is 0 Å². The Labute approximate surface area is 79.3 Å². The van der Waals surface area contributed by atoms with Crippen LogP contribution in [-0.4, -0.2) is 18.6 Å². The summed E-state index contributed by atoms with van der Waals surface area (Å²) in [6.45, 7) is 4.97. The lowest BCUT2D eigenvalue weighted by Gasteiger charge is -2.13. The van der Waals surface area contributed by atoms with Gasteiger partial charge >= 0.3 is 0 Å². The van der Waals surface area contributed by atoms with Gasteiger partial charge in [-0.3, -0.25) is 0 Å². The molecule has 0 saturated carbocycles. The molecule has 0 saturated heterocycles. The minimum atomic E-state index is 0.207. The number of hydrogen-bond donors (Lipinski definition) is 2. The smallest absolute Gasteiger partial charge is 0.105 e. The molecule has 0 amide bonds. The van der Waals surface area contributed by atoms with E-state index in [0.29, 0.717) is 6.04 Å². The molecule has 0 radical (unpaired) electrons. The highest BCUT2D eigenvalue weighted by molar-refractivity contribution is 4.99. The third-order valence-corrected chi connectivity index (χ3v) is 1.88. The van der Waals surface area contributed by atoms with Crippen molar-refractivity contribution < 1.29 is 4.42 Å². The van der Waals surface area contributed by atoms with Gasteiger partial charge in [0.1, 0.15) is 5.76 Å². The molecule has 0 fully saturated rings. The summed E-state index contributed by atoms with van der Waals surface area (Å²) in [5.74, 6) is 1.02. The molecule has 0 aliphatic rings. The van der Waals surface area contributed by atoms with Crippen LogP contribution in [-0.2, 0) is 6.42 Å². The first-order valence-corrected chi connectivity index (χ1v) is 4.70. The molecule has 74 valence electrons. The lowest BCUT2D eigenvalue weighted by Crippen LogP contribution is -2.37. The van der Waals surface area contributed by atoms with E-state index in [2.05, 4.69) is 12.2 Å². The van der Waals surface area contributed by atoms with Gasteiger partial charge in [-0.15, -0.1) is 0 Å². The lowest BCUT2D eigenvalue weighted by atomic mass is 10.2. The largest absolute Gasteiger partial charge is 0.469 e. The molecule has 1 aromatic rings. The van der Waals surface area contributed by atoms with Gasteiger partial charge < -0.3 is 15.5 Å². The summed E-state index contributed by atoms with van der Waals surface area (Å²) in [4.78, 5) is 0. The average molecular weight is 182 g/mol. The third kappa shape index (κ3) is 4.10. The van der Waals surface area contributed by atoms with Gasteiger partial charge in [0.2, 0.25) is 0 Å². The molecule has 3 N–H and O–H groups in total. The molecule has 3 nitrogen and oxygen atoms in total. The second-order valence-electron chi connectivity index (χ2n) is 3.57. The Balaban J connectivity index is 2.22. The molecule has 0 aromatic carbocycles. The van der Waals surface area contributed by atoms with E-state index in [-0.39, 0.29) is 6.04 Å². The minimum absolute atomic E-state index is 0.207. The van der Waals surface area contributed by atoms with Gasteiger partial charge in [-0.05, 0) is 26.0 Å². The van der Waals surface area contributed by atoms with Crippen LogP contribution in [0.2, 0.25) is 0 Å². The molecule has 2 atom stereocenters. The highest BCUT2D eigenvalue weighted by Gasteiger charge is 2.05. The standard InChI is InChI=1S/C10H18N2O/c1-8(11)7-12-9(2)6-10-4-3-5-13-10/h3-5,8-9,12H,6-7,11H2,1-2H3. The molecule has 0 aliphatic carbocycles. The molecular formula is C10H18N2O. The van der Waals surface area contributed by atoms with E-state index in [1.54, 1.807) is 6.26 Å². The van der Waals surface area contributed by atoms with E-state index in [1.165, 1.54) is 0 Å². The minimum Gasteiger partial charge on any atom is -0.469 e. The van der Waals surface area contributed by atoms with Crippen LogP contribution in [0.4, 0.5) is 0 Å². The number of nitrogens with two attached hydrogens (primary N) is 1. The quantitative estimate of drug-likeness (QED) is 0.718. The maximum absolute atomic E-state index is 5.63. The monoisotopic (exact) mass is 182 g/mol. The molecule has 13 heavy (non-hydrogen) atoms. The number of rotatable bonds is 5. The van der Waals surface area contributed by atoms with Crippen molar-refractivity contribution in [3.8, 4) is 0 Å². The first-order valence-electron chi connectivity index (χ1n) is 4.70. The van der Waals surface area contributed by atoms with Crippen molar-refractivity contribution >= 4 is 0 Å². The normalized spacial score (nSPS) is 15.6. The van der Waals surface area contributed by atoms with Gasteiger partial charge in [-0.25, -0.2) is 0 Å². The number of hydrogen-bond acceptors (Lipinski definition) is 3. The Morgan fingerprint density at radius 2 is 2.31 bits per heavy atom. The van der Waals surface area contributed by atoms with Gasteiger partial charge in [0.15, 0.2) is 0 Å². The second-order valence-corrected chi connectivity index (χ2v) is 3.57. The zero-order valence-corrected chi connectivity index (χ0v) is 8.29. The average Bonchev–Trinajstić information content (AvgIpc) is 2.53. The Morgan fingerprint density at radius 1 is 1.54 bits per heavy atom. The second kappa shape index (κ2) is 5.04. The first-order chi connectivity index (χ1) is 6.18. The predicted molar refractivity (Wildman–Crippen MR) is 53.5 cm³/mol. The van der Waals surface area contributed by atoms with E-state index in [0.717, 1.165) is 18.7 Å². The van der Waals surface area contributed by atoms with Gasteiger partial charge in [-0.1, -0.05) is 0 Å². The topological polar surface area (TPSA) is 51.2 Å². The predicted octanol–water partition coefficient (Wildman–Crippen LogP) is 1.15. The highest BCUT2D eigenvalue weighted by atomic mass is 16.3. The molecule has 3 heteroatoms. The van der Waals surface area contributed by atoms with Crippen molar-refractivity contribution in [2.24, 2.45) is 5.73 Å². The maximum atomic E-state index is 5.63. The van der Waals surface area contributed by atoms with Gasteiger partial charge in [0.25, 0.3) is 0 Å². The van der Waals surface area contributed by atoms with Crippen molar-refractivity contribution in [2.45, 2.75) is 32.4 Å². The van der Waals surface area contributed by atoms with Gasteiger partial charge in [0, 0.05) is 25.0 Å². The SMILES string of the molecule is CC(N)CNC(C)Cc1ccco1. The summed E-state index contributed by atoms with van der Waals surface area (Å²) in [5, 5.41) is 3.34. The van der Waals surface area contributed by atoms with E-state index < -0.39 is 0 Å². The molecule has 0 aliphatic heterocycles. The molecule has 1 heterocycles. The van der Waals surface area contributed by atoms with Crippen LogP contribution in [0.1, 0.15) is 19.6 Å². The van der Waals surface area contributed by atoms with Gasteiger partial charge in [0.05, 0.1) is 6.26 Å². The molecule has 2 unspecified atom stereocenters. The Morgan fingerprint density at radius 3 is 2.85 bits per heavy atom. The van der Waals surface area contributed by atoms with Crippen LogP contribution in [0.5, 0.6) is 0 Å². The van der Waals surface area contributed by atoms with Crippen LogP contribution in [0.25, 0.3) is 0 Å². The summed E-state index contributed by atoms with van der Waals surface area (Å²) in [6.07, 6.45) is 2.62. The zero-order valence-electron chi connectivity index (χ0n) is 8.29. The summed E-state index contributed by atoms with van der Waals surface area (Å²) in [7, 11) is 0. The Kier molecular flexibility index (Phi) is 3.99. The summed E-state index contributed by atoms with van der Waals surface area (Å²) < 4.78 is 5.24. The Hall–Kier alpha value is -0.800. The lowest BCUT2D eigenvalue weighted by molar-refractivity contribution is 0.449. The molecule has 0 spiro atoms. The van der Waals surface area contributed by atoms with Crippen LogP contribution in [0.15, 0.2) is 22.8 Å². The van der Waals surface area contributed by atoms with Crippen LogP contribution in [0.3, 0.4) is 0 Å². The van der Waals surface area contributed by atoms with E-state index in [4.69, 9.17) is 10.2 Å². The van der Waals surface area contributed by atoms with E-state index in [9.17, 15) is 0 Å². The fraction of sp³-hybridized carbons (Fsp3) is 0.600. The molecule has 1 rings (SSSR count). The summed E-state index contributed by atoms with van der Waals surface area (Å²) in [5.41, 5.74) is 5.63. The van der Waals surface area contributed by atoms with E-state index >= 15 is 0 Å². The molecule has 0 bridgehead atoms. The summed E-state index contributed by atoms with van der Waals surface area (Å²) in [6, 6.07) is 4.52. The molecule has 1 aromatic heterocycles. The van der Waals surface area contributed by atoms with Crippen molar-refractivity contribution in [3.05, 3.63) is 24.2 Å². The van der Waals surface area contributed by atoms with Crippen LogP contribution < -0.4 is 11.1 Å². The van der Waals surface area contributed by atoms with E-state index in [1.807, 2.05) is 19.1 Å². The highest BCUT2D eigenvalue weighted by Crippen LogP contribution is 2.03. The fourth-order valence-electron chi connectivity index (χ4n) is 1.19. The number of furan rings is 1. The fourth-order valence-corrected chi connectivity index (χ4v) is 1.19. The maximum Gasteiger partial charge on any atom is 0.105 e. The van der Waals surface area contributed by atoms with Crippen LogP contribution in [0, 0.1) is 0 Å². The number of nitrogens with one attached hydrogen (secondary N) is 1.